The lowest BCUT2D eigenvalue weighted by Gasteiger charge is -2.36. The number of anilines is 2. The van der Waals surface area contributed by atoms with E-state index in [4.69, 9.17) is 27.9 Å². The number of benzene rings is 2. The van der Waals surface area contributed by atoms with E-state index in [1.807, 2.05) is 24.0 Å². The van der Waals surface area contributed by atoms with E-state index in [1.54, 1.807) is 44.2 Å². The van der Waals surface area contributed by atoms with Gasteiger partial charge in [0, 0.05) is 43.3 Å². The molecule has 0 unspecified atom stereocenters. The van der Waals surface area contributed by atoms with Crippen LogP contribution < -0.4 is 15.0 Å². The standard InChI is InChI=1S/C23H27Cl2N3O3/c1-4-21(29)28-13-11-27(12-14-28)20-10-7-17(15-19(20)25)26-22(30)23(2,3)31-18-8-5-16(24)6-9-18/h5-10,15H,4,11-14H2,1-3H3,(H,26,30). The van der Waals surface area contributed by atoms with E-state index in [0.29, 0.717) is 41.0 Å². The van der Waals surface area contributed by atoms with Crippen LogP contribution in [-0.2, 0) is 9.59 Å². The molecule has 1 aliphatic rings. The molecule has 1 heterocycles. The van der Waals surface area contributed by atoms with E-state index < -0.39 is 5.60 Å². The number of carbonyl (C=O) groups excluding carboxylic acids is 2. The summed E-state index contributed by atoms with van der Waals surface area (Å²) < 4.78 is 5.83. The molecule has 0 radical (unpaired) electrons. The lowest BCUT2D eigenvalue weighted by Crippen LogP contribution is -2.48. The third-order valence-electron chi connectivity index (χ3n) is 5.21. The maximum atomic E-state index is 12.8. The molecule has 0 saturated carbocycles. The van der Waals surface area contributed by atoms with Gasteiger partial charge in [-0.25, -0.2) is 0 Å². The number of nitrogens with one attached hydrogen (secondary N) is 1. The minimum Gasteiger partial charge on any atom is -0.478 e. The Morgan fingerprint density at radius 3 is 2.26 bits per heavy atom. The van der Waals surface area contributed by atoms with E-state index in [0.717, 1.165) is 18.8 Å². The highest BCUT2D eigenvalue weighted by atomic mass is 35.5. The van der Waals surface area contributed by atoms with Gasteiger partial charge in [-0.1, -0.05) is 30.1 Å². The summed E-state index contributed by atoms with van der Waals surface area (Å²) in [6.07, 6.45) is 0.521. The normalized spacial score (nSPS) is 14.4. The summed E-state index contributed by atoms with van der Waals surface area (Å²) in [6.45, 7) is 8.07. The Labute approximate surface area is 193 Å². The Kier molecular flexibility index (Phi) is 7.34. The van der Waals surface area contributed by atoms with E-state index in [-0.39, 0.29) is 11.8 Å². The average Bonchev–Trinajstić information content (AvgIpc) is 2.75. The first-order valence-corrected chi connectivity index (χ1v) is 11.0. The fourth-order valence-corrected chi connectivity index (χ4v) is 3.81. The molecule has 8 heteroatoms. The molecule has 0 atom stereocenters. The molecule has 2 aromatic rings. The maximum Gasteiger partial charge on any atom is 0.267 e. The second-order valence-corrected chi connectivity index (χ2v) is 8.75. The van der Waals surface area contributed by atoms with Crippen molar-refractivity contribution in [3.05, 3.63) is 52.5 Å². The summed E-state index contributed by atoms with van der Waals surface area (Å²) in [5, 5.41) is 4.01. The van der Waals surface area contributed by atoms with E-state index in [2.05, 4.69) is 10.2 Å². The molecule has 1 fully saturated rings. The van der Waals surface area contributed by atoms with Crippen LogP contribution in [0.4, 0.5) is 11.4 Å². The van der Waals surface area contributed by atoms with Crippen LogP contribution >= 0.6 is 23.2 Å². The Hall–Kier alpha value is -2.44. The molecule has 0 spiro atoms. The summed E-state index contributed by atoms with van der Waals surface area (Å²) in [5.74, 6) is 0.434. The van der Waals surface area contributed by atoms with Gasteiger partial charge >= 0.3 is 0 Å². The Morgan fingerprint density at radius 2 is 1.68 bits per heavy atom. The molecular formula is C23H27Cl2N3O3. The molecule has 0 aromatic heterocycles. The second kappa shape index (κ2) is 9.79. The fourth-order valence-electron chi connectivity index (χ4n) is 3.39. The molecule has 0 bridgehead atoms. The van der Waals surface area contributed by atoms with Crippen molar-refractivity contribution in [2.24, 2.45) is 0 Å². The van der Waals surface area contributed by atoms with Crippen LogP contribution in [0.15, 0.2) is 42.5 Å². The number of piperazine rings is 1. The number of amides is 2. The minimum absolute atomic E-state index is 0.173. The maximum absolute atomic E-state index is 12.8. The molecule has 2 amide bonds. The van der Waals surface area contributed by atoms with Gasteiger partial charge in [-0.2, -0.15) is 0 Å². The topological polar surface area (TPSA) is 61.9 Å². The van der Waals surface area contributed by atoms with Crippen molar-refractivity contribution in [2.75, 3.05) is 36.4 Å². The van der Waals surface area contributed by atoms with Gasteiger partial charge in [-0.05, 0) is 56.3 Å². The quantitative estimate of drug-likeness (QED) is 0.664. The molecule has 166 valence electrons. The van der Waals surface area contributed by atoms with E-state index >= 15 is 0 Å². The zero-order valence-corrected chi connectivity index (χ0v) is 19.5. The summed E-state index contributed by atoms with van der Waals surface area (Å²) in [7, 11) is 0. The summed E-state index contributed by atoms with van der Waals surface area (Å²) >= 11 is 12.4. The average molecular weight is 464 g/mol. The van der Waals surface area contributed by atoms with Crippen molar-refractivity contribution in [2.45, 2.75) is 32.8 Å². The summed E-state index contributed by atoms with van der Waals surface area (Å²) in [5.41, 5.74) is 0.382. The Morgan fingerprint density at radius 1 is 1.03 bits per heavy atom. The monoisotopic (exact) mass is 463 g/mol. The van der Waals surface area contributed by atoms with Crippen LogP contribution in [-0.4, -0.2) is 48.5 Å². The number of rotatable bonds is 6. The van der Waals surface area contributed by atoms with Crippen LogP contribution in [0.2, 0.25) is 10.0 Å². The van der Waals surface area contributed by atoms with E-state index in [1.165, 1.54) is 0 Å². The molecule has 31 heavy (non-hydrogen) atoms. The highest BCUT2D eigenvalue weighted by Gasteiger charge is 2.30. The molecule has 6 nitrogen and oxygen atoms in total. The van der Waals surface area contributed by atoms with Gasteiger partial charge in [0.1, 0.15) is 5.75 Å². The van der Waals surface area contributed by atoms with Gasteiger partial charge < -0.3 is 19.9 Å². The second-order valence-electron chi connectivity index (χ2n) is 7.91. The number of hydrogen-bond acceptors (Lipinski definition) is 4. The van der Waals surface area contributed by atoms with Gasteiger partial charge in [0.25, 0.3) is 5.91 Å². The molecule has 1 saturated heterocycles. The van der Waals surface area contributed by atoms with Crippen molar-refractivity contribution in [3.63, 3.8) is 0 Å². The Balaban J connectivity index is 1.62. The van der Waals surface area contributed by atoms with Crippen LogP contribution in [0.25, 0.3) is 0 Å². The lowest BCUT2D eigenvalue weighted by atomic mass is 10.1. The van der Waals surface area contributed by atoms with Crippen LogP contribution in [0, 0.1) is 0 Å². The number of ether oxygens (including phenoxy) is 1. The van der Waals surface area contributed by atoms with Gasteiger partial charge in [0.2, 0.25) is 5.91 Å². The fraction of sp³-hybridized carbons (Fsp3) is 0.391. The van der Waals surface area contributed by atoms with E-state index in [9.17, 15) is 9.59 Å². The highest BCUT2D eigenvalue weighted by Crippen LogP contribution is 2.30. The largest absolute Gasteiger partial charge is 0.478 e. The predicted molar refractivity (Wildman–Crippen MR) is 125 cm³/mol. The number of nitrogens with zero attached hydrogens (tertiary/aromatic N) is 2. The lowest BCUT2D eigenvalue weighted by molar-refractivity contribution is -0.131. The smallest absolute Gasteiger partial charge is 0.267 e. The molecular weight excluding hydrogens is 437 g/mol. The van der Waals surface area contributed by atoms with Crippen molar-refractivity contribution >= 4 is 46.4 Å². The summed E-state index contributed by atoms with van der Waals surface area (Å²) in [4.78, 5) is 28.7. The van der Waals surface area contributed by atoms with Crippen molar-refractivity contribution in [1.82, 2.24) is 4.90 Å². The van der Waals surface area contributed by atoms with Crippen molar-refractivity contribution in [1.29, 1.82) is 0 Å². The molecule has 1 aliphatic heterocycles. The third-order valence-corrected chi connectivity index (χ3v) is 5.77. The van der Waals surface area contributed by atoms with Crippen LogP contribution in [0.1, 0.15) is 27.2 Å². The third kappa shape index (κ3) is 5.83. The molecule has 1 N–H and O–H groups in total. The predicted octanol–water partition coefficient (Wildman–Crippen LogP) is 4.85. The number of carbonyl (C=O) groups is 2. The van der Waals surface area contributed by atoms with Gasteiger partial charge in [0.15, 0.2) is 5.60 Å². The molecule has 2 aromatic carbocycles. The first-order chi connectivity index (χ1) is 14.7. The molecule has 0 aliphatic carbocycles. The number of halogens is 2. The van der Waals surface area contributed by atoms with Gasteiger partial charge in [-0.3, -0.25) is 9.59 Å². The number of hydrogen-bond donors (Lipinski definition) is 1. The first kappa shape index (κ1) is 23.2. The minimum atomic E-state index is -1.10. The highest BCUT2D eigenvalue weighted by molar-refractivity contribution is 6.33. The van der Waals surface area contributed by atoms with Crippen LogP contribution in [0.3, 0.4) is 0 Å². The molecule has 3 rings (SSSR count). The van der Waals surface area contributed by atoms with Crippen molar-refractivity contribution < 1.29 is 14.3 Å². The van der Waals surface area contributed by atoms with Gasteiger partial charge in [-0.15, -0.1) is 0 Å². The zero-order valence-electron chi connectivity index (χ0n) is 18.0. The SMILES string of the molecule is CCC(=O)N1CCN(c2ccc(NC(=O)C(C)(C)Oc3ccc(Cl)cc3)cc2Cl)CC1. The van der Waals surface area contributed by atoms with Crippen molar-refractivity contribution in [3.8, 4) is 5.75 Å². The first-order valence-electron chi connectivity index (χ1n) is 10.3. The van der Waals surface area contributed by atoms with Gasteiger partial charge in [0.05, 0.1) is 10.7 Å². The Bertz CT molecular complexity index is 940. The van der Waals surface area contributed by atoms with Crippen LogP contribution in [0.5, 0.6) is 5.75 Å². The zero-order chi connectivity index (χ0) is 22.6. The summed E-state index contributed by atoms with van der Waals surface area (Å²) in [6, 6.07) is 12.3.